The van der Waals surface area contributed by atoms with Crippen LogP contribution in [0.4, 0.5) is 0 Å². The van der Waals surface area contributed by atoms with Gasteiger partial charge < -0.3 is 0 Å². The summed E-state index contributed by atoms with van der Waals surface area (Å²) in [6, 6.07) is 18.7. The van der Waals surface area contributed by atoms with Gasteiger partial charge in [-0.25, -0.2) is 0 Å². The van der Waals surface area contributed by atoms with E-state index in [-0.39, 0.29) is 26.2 Å². The van der Waals surface area contributed by atoms with Crippen molar-refractivity contribution < 1.29 is 26.2 Å². The Morgan fingerprint density at radius 2 is 1.69 bits per heavy atom. The fraction of sp³-hybridized carbons (Fsp3) is 0.400. The molecule has 0 bridgehead atoms. The van der Waals surface area contributed by atoms with Gasteiger partial charge in [0.05, 0.1) is 0 Å². The summed E-state index contributed by atoms with van der Waals surface area (Å²) >= 11 is 0. The zero-order chi connectivity index (χ0) is 17.2. The van der Waals surface area contributed by atoms with Crippen LogP contribution >= 0.6 is 0 Å². The molecule has 0 aromatic heterocycles. The van der Waals surface area contributed by atoms with Crippen molar-refractivity contribution in [2.45, 2.75) is 58.8 Å². The molecule has 0 spiro atoms. The smallest absolute Gasteiger partial charge is 0 e. The average Bonchev–Trinajstić information content (AvgIpc) is 3.04. The molecule has 1 saturated carbocycles. The van der Waals surface area contributed by atoms with E-state index in [0.717, 1.165) is 12.3 Å². The number of hydrogen-bond donors (Lipinski definition) is 0. The molecule has 26 heavy (non-hydrogen) atoms. The van der Waals surface area contributed by atoms with E-state index < -0.39 is 0 Å². The number of benzene rings is 2. The summed E-state index contributed by atoms with van der Waals surface area (Å²) in [5.74, 6) is 0.902. The second-order valence-corrected chi connectivity index (χ2v) is 7.94. The van der Waals surface area contributed by atoms with Crippen LogP contribution in [0.5, 0.6) is 0 Å². The first-order valence-electron chi connectivity index (χ1n) is 10.0. The van der Waals surface area contributed by atoms with E-state index in [1.54, 1.807) is 5.56 Å². The third kappa shape index (κ3) is 4.25. The van der Waals surface area contributed by atoms with E-state index in [0.29, 0.717) is 0 Å². The van der Waals surface area contributed by atoms with Crippen molar-refractivity contribution in [3.63, 3.8) is 0 Å². The standard InChI is InChI=1S/C25H29.Zr/c1-3-19-9-11-22(12-10-19)24-14-18(2)13-23-16-21(17-25(23)24)15-20-7-5-4-6-8-20;/h9-14,16-17,20H,3-8,15H2,1-2H3;/q-1;. The molecule has 3 aromatic carbocycles. The molecule has 0 aliphatic heterocycles. The van der Waals surface area contributed by atoms with Gasteiger partial charge in [-0.15, -0.1) is 28.5 Å². The van der Waals surface area contributed by atoms with E-state index in [2.05, 4.69) is 62.4 Å². The molecule has 0 N–H and O–H groups in total. The molecule has 134 valence electrons. The first-order valence-corrected chi connectivity index (χ1v) is 10.0. The van der Waals surface area contributed by atoms with Gasteiger partial charge in [0.1, 0.15) is 0 Å². The van der Waals surface area contributed by atoms with Crippen molar-refractivity contribution in [1.82, 2.24) is 0 Å². The summed E-state index contributed by atoms with van der Waals surface area (Å²) in [5.41, 5.74) is 7.05. The van der Waals surface area contributed by atoms with Gasteiger partial charge in [0.15, 0.2) is 0 Å². The Morgan fingerprint density at radius 1 is 0.962 bits per heavy atom. The molecule has 0 heterocycles. The van der Waals surface area contributed by atoms with Gasteiger partial charge in [-0.2, -0.15) is 6.07 Å². The SMILES string of the molecule is CCc1ccc(-c2cc(C)cc3[cH-]c(CC4CCCCC4)cc23)cc1.[Zr]. The number of fused-ring (bicyclic) bond motifs is 1. The van der Waals surface area contributed by atoms with Crippen LogP contribution in [0.2, 0.25) is 0 Å². The average molecular weight is 421 g/mol. The maximum absolute atomic E-state index is 2.46. The third-order valence-corrected chi connectivity index (χ3v) is 5.95. The Morgan fingerprint density at radius 3 is 2.38 bits per heavy atom. The molecule has 0 radical (unpaired) electrons. The zero-order valence-corrected chi connectivity index (χ0v) is 18.6. The Labute approximate surface area is 177 Å². The van der Waals surface area contributed by atoms with Crippen LogP contribution in [0, 0.1) is 12.8 Å². The molecule has 4 rings (SSSR count). The summed E-state index contributed by atoms with van der Waals surface area (Å²) in [4.78, 5) is 0. The minimum absolute atomic E-state index is 0. The largest absolute Gasteiger partial charge is 0.164 e. The number of hydrogen-bond acceptors (Lipinski definition) is 0. The molecule has 0 unspecified atom stereocenters. The second-order valence-electron chi connectivity index (χ2n) is 7.94. The maximum Gasteiger partial charge on any atom is 0 e. The van der Waals surface area contributed by atoms with Crippen LogP contribution in [0.3, 0.4) is 0 Å². The normalized spacial score (nSPS) is 15.2. The van der Waals surface area contributed by atoms with E-state index in [9.17, 15) is 0 Å². The summed E-state index contributed by atoms with van der Waals surface area (Å²) < 4.78 is 0. The summed E-state index contributed by atoms with van der Waals surface area (Å²) in [6.45, 7) is 4.44. The van der Waals surface area contributed by atoms with Gasteiger partial charge in [0.2, 0.25) is 0 Å². The molecule has 0 saturated heterocycles. The Balaban J connectivity index is 0.00000196. The quantitative estimate of drug-likeness (QED) is 0.391. The molecule has 0 nitrogen and oxygen atoms in total. The maximum atomic E-state index is 2.46. The van der Waals surface area contributed by atoms with Gasteiger partial charge in [0, 0.05) is 26.2 Å². The van der Waals surface area contributed by atoms with Gasteiger partial charge in [-0.3, -0.25) is 0 Å². The summed E-state index contributed by atoms with van der Waals surface area (Å²) in [6.07, 6.45) is 9.51. The Bertz CT molecular complexity index is 848. The zero-order valence-electron chi connectivity index (χ0n) is 16.1. The van der Waals surface area contributed by atoms with Crippen LogP contribution < -0.4 is 0 Å². The van der Waals surface area contributed by atoms with E-state index >= 15 is 0 Å². The van der Waals surface area contributed by atoms with Crippen LogP contribution in [0.15, 0.2) is 48.5 Å². The third-order valence-electron chi connectivity index (χ3n) is 5.95. The molecule has 1 aliphatic rings. The summed E-state index contributed by atoms with van der Waals surface area (Å²) in [7, 11) is 0. The van der Waals surface area contributed by atoms with Crippen LogP contribution in [-0.2, 0) is 39.0 Å². The van der Waals surface area contributed by atoms with E-state index in [4.69, 9.17) is 0 Å². The molecule has 1 aliphatic carbocycles. The van der Waals surface area contributed by atoms with Crippen LogP contribution in [0.1, 0.15) is 55.7 Å². The first-order chi connectivity index (χ1) is 12.2. The van der Waals surface area contributed by atoms with E-state index in [1.807, 2.05) is 0 Å². The second kappa shape index (κ2) is 8.75. The minimum Gasteiger partial charge on any atom is -0.164 e. The van der Waals surface area contributed by atoms with Gasteiger partial charge in [-0.1, -0.05) is 80.5 Å². The number of rotatable bonds is 4. The molecule has 0 atom stereocenters. The molecule has 1 fully saturated rings. The van der Waals surface area contributed by atoms with Crippen LogP contribution in [-0.4, -0.2) is 0 Å². The fourth-order valence-corrected chi connectivity index (χ4v) is 4.53. The predicted octanol–water partition coefficient (Wildman–Crippen LogP) is 7.22. The van der Waals surface area contributed by atoms with Crippen molar-refractivity contribution in [2.75, 3.05) is 0 Å². The van der Waals surface area contributed by atoms with Crippen molar-refractivity contribution >= 4 is 10.8 Å². The van der Waals surface area contributed by atoms with Crippen molar-refractivity contribution in [3.8, 4) is 11.1 Å². The number of aryl methyl sites for hydroxylation is 2. The Hall–Kier alpha value is -1.07. The van der Waals surface area contributed by atoms with Gasteiger partial charge in [0.25, 0.3) is 0 Å². The predicted molar refractivity (Wildman–Crippen MR) is 109 cm³/mol. The monoisotopic (exact) mass is 419 g/mol. The minimum atomic E-state index is 0. The van der Waals surface area contributed by atoms with E-state index in [1.165, 1.54) is 71.6 Å². The first kappa shape index (κ1) is 19.7. The van der Waals surface area contributed by atoms with Crippen LogP contribution in [0.25, 0.3) is 21.9 Å². The molecule has 3 aromatic rings. The molecule has 0 amide bonds. The van der Waals surface area contributed by atoms with Crippen molar-refractivity contribution in [3.05, 3.63) is 65.2 Å². The Kier molecular flexibility index (Phi) is 6.62. The molecular formula is C25H29Zr-. The molecule has 1 heteroatoms. The topological polar surface area (TPSA) is 0 Å². The van der Waals surface area contributed by atoms with Gasteiger partial charge in [-0.05, 0) is 36.8 Å². The van der Waals surface area contributed by atoms with Crippen molar-refractivity contribution in [1.29, 1.82) is 0 Å². The van der Waals surface area contributed by atoms with Gasteiger partial charge >= 0.3 is 0 Å². The fourth-order valence-electron chi connectivity index (χ4n) is 4.53. The summed E-state index contributed by atoms with van der Waals surface area (Å²) in [5, 5.41) is 2.85. The van der Waals surface area contributed by atoms with Crippen molar-refractivity contribution in [2.24, 2.45) is 5.92 Å². The molecular weight excluding hydrogens is 391 g/mol.